The van der Waals surface area contributed by atoms with Crippen molar-refractivity contribution in [3.05, 3.63) is 47.0 Å². The number of aromatic nitrogens is 3. The van der Waals surface area contributed by atoms with Gasteiger partial charge < -0.3 is 5.11 Å². The number of hydrogen-bond donors (Lipinski definition) is 1. The van der Waals surface area contributed by atoms with Crippen molar-refractivity contribution in [2.75, 3.05) is 0 Å². The zero-order chi connectivity index (χ0) is 22.8. The number of phenolic OH excluding ortho intramolecular Hbond substituents is 1. The number of aromatic hydroxyl groups is 1. The standard InChI is InChI=1S/C28H41N3O/c1-4-7-10-12-15-23-19-24(16-13-11-8-5-2)28(32)27(21-23)31-29-25-18-17-22(14-9-6-3)20-26(25)30-31/h17-21,32H,4-16H2,1-3H3. The summed E-state index contributed by atoms with van der Waals surface area (Å²) in [6.07, 6.45) is 15.1. The Labute approximate surface area is 194 Å². The SMILES string of the molecule is CCCCCCc1cc(CCCCCC)c(O)c(-n2nc3ccc(CCCC)cc3n2)c1. The average Bonchev–Trinajstić information content (AvgIpc) is 3.23. The zero-order valence-electron chi connectivity index (χ0n) is 20.4. The van der Waals surface area contributed by atoms with Crippen LogP contribution in [0.25, 0.3) is 16.7 Å². The molecule has 0 unspecified atom stereocenters. The first-order valence-electron chi connectivity index (χ1n) is 12.9. The fourth-order valence-electron chi connectivity index (χ4n) is 4.33. The molecule has 1 N–H and O–H groups in total. The van der Waals surface area contributed by atoms with E-state index in [2.05, 4.69) is 51.1 Å². The number of fused-ring (bicyclic) bond motifs is 1. The minimum Gasteiger partial charge on any atom is -0.505 e. The Morgan fingerprint density at radius 2 is 1.31 bits per heavy atom. The van der Waals surface area contributed by atoms with Gasteiger partial charge in [0, 0.05) is 0 Å². The van der Waals surface area contributed by atoms with E-state index in [-0.39, 0.29) is 0 Å². The lowest BCUT2D eigenvalue weighted by molar-refractivity contribution is 0.458. The summed E-state index contributed by atoms with van der Waals surface area (Å²) in [5, 5.41) is 20.6. The second-order valence-electron chi connectivity index (χ2n) is 9.16. The summed E-state index contributed by atoms with van der Waals surface area (Å²) in [4.78, 5) is 1.65. The summed E-state index contributed by atoms with van der Waals surface area (Å²) in [6, 6.07) is 10.7. The summed E-state index contributed by atoms with van der Waals surface area (Å²) in [5.41, 5.74) is 6.11. The predicted octanol–water partition coefficient (Wildman–Crippen LogP) is 7.71. The molecule has 174 valence electrons. The molecule has 3 aromatic rings. The normalized spacial score (nSPS) is 11.5. The van der Waals surface area contributed by atoms with Crippen molar-refractivity contribution in [1.82, 2.24) is 15.0 Å². The molecule has 0 bridgehead atoms. The van der Waals surface area contributed by atoms with Crippen LogP contribution in [-0.2, 0) is 19.3 Å². The van der Waals surface area contributed by atoms with E-state index in [0.717, 1.165) is 48.0 Å². The van der Waals surface area contributed by atoms with Crippen molar-refractivity contribution in [2.45, 2.75) is 104 Å². The third-order valence-corrected chi connectivity index (χ3v) is 6.33. The van der Waals surface area contributed by atoms with E-state index in [9.17, 15) is 5.11 Å². The minimum absolute atomic E-state index is 0.338. The van der Waals surface area contributed by atoms with Crippen molar-refractivity contribution in [3.8, 4) is 11.4 Å². The Balaban J connectivity index is 1.89. The highest BCUT2D eigenvalue weighted by atomic mass is 16.3. The number of nitrogens with zero attached hydrogens (tertiary/aromatic N) is 3. The fourth-order valence-corrected chi connectivity index (χ4v) is 4.33. The van der Waals surface area contributed by atoms with E-state index < -0.39 is 0 Å². The maximum absolute atomic E-state index is 11.1. The molecule has 0 aliphatic rings. The summed E-state index contributed by atoms with van der Waals surface area (Å²) in [7, 11) is 0. The monoisotopic (exact) mass is 435 g/mol. The molecule has 0 radical (unpaired) electrons. The van der Waals surface area contributed by atoms with Crippen molar-refractivity contribution in [3.63, 3.8) is 0 Å². The Morgan fingerprint density at radius 1 is 0.656 bits per heavy atom. The van der Waals surface area contributed by atoms with E-state index in [0.29, 0.717) is 5.75 Å². The summed E-state index contributed by atoms with van der Waals surface area (Å²) >= 11 is 0. The van der Waals surface area contributed by atoms with Crippen LogP contribution < -0.4 is 0 Å². The lowest BCUT2D eigenvalue weighted by atomic mass is 9.98. The molecular weight excluding hydrogens is 394 g/mol. The molecule has 0 saturated carbocycles. The lowest BCUT2D eigenvalue weighted by Crippen LogP contribution is -2.03. The predicted molar refractivity (Wildman–Crippen MR) is 135 cm³/mol. The van der Waals surface area contributed by atoms with Gasteiger partial charge >= 0.3 is 0 Å². The second kappa shape index (κ2) is 12.6. The van der Waals surface area contributed by atoms with Crippen molar-refractivity contribution in [2.24, 2.45) is 0 Å². The van der Waals surface area contributed by atoms with Gasteiger partial charge in [-0.25, -0.2) is 0 Å². The largest absolute Gasteiger partial charge is 0.505 e. The second-order valence-corrected chi connectivity index (χ2v) is 9.16. The summed E-state index contributed by atoms with van der Waals surface area (Å²) in [5.74, 6) is 0.338. The Hall–Kier alpha value is -2.36. The minimum atomic E-state index is 0.338. The van der Waals surface area contributed by atoms with Gasteiger partial charge in [0.25, 0.3) is 0 Å². The van der Waals surface area contributed by atoms with Crippen LogP contribution in [0, 0.1) is 0 Å². The van der Waals surface area contributed by atoms with Gasteiger partial charge in [0.05, 0.1) is 0 Å². The molecule has 0 aliphatic carbocycles. The maximum Gasteiger partial charge on any atom is 0.146 e. The molecule has 4 nitrogen and oxygen atoms in total. The van der Waals surface area contributed by atoms with Gasteiger partial charge in [-0.05, 0) is 73.4 Å². The van der Waals surface area contributed by atoms with Crippen LogP contribution in [0.5, 0.6) is 5.75 Å². The highest BCUT2D eigenvalue weighted by Gasteiger charge is 2.15. The van der Waals surface area contributed by atoms with Gasteiger partial charge in [-0.3, -0.25) is 0 Å². The topological polar surface area (TPSA) is 50.9 Å². The molecule has 2 aromatic carbocycles. The smallest absolute Gasteiger partial charge is 0.146 e. The molecule has 0 saturated heterocycles. The first-order valence-corrected chi connectivity index (χ1v) is 12.9. The van der Waals surface area contributed by atoms with E-state index in [4.69, 9.17) is 10.2 Å². The van der Waals surface area contributed by atoms with Gasteiger partial charge in [0.15, 0.2) is 0 Å². The molecule has 0 fully saturated rings. The van der Waals surface area contributed by atoms with Gasteiger partial charge in [-0.1, -0.05) is 77.8 Å². The molecule has 1 aromatic heterocycles. The number of unbranched alkanes of at least 4 members (excludes halogenated alkanes) is 7. The number of phenols is 1. The summed E-state index contributed by atoms with van der Waals surface area (Å²) in [6.45, 7) is 6.69. The highest BCUT2D eigenvalue weighted by Crippen LogP contribution is 2.30. The van der Waals surface area contributed by atoms with Gasteiger partial charge in [-0.15, -0.1) is 15.0 Å². The van der Waals surface area contributed by atoms with Gasteiger partial charge in [-0.2, -0.15) is 0 Å². The molecular formula is C28H41N3O. The van der Waals surface area contributed by atoms with Crippen LogP contribution >= 0.6 is 0 Å². The van der Waals surface area contributed by atoms with E-state index in [1.165, 1.54) is 68.9 Å². The maximum atomic E-state index is 11.1. The average molecular weight is 436 g/mol. The molecule has 32 heavy (non-hydrogen) atoms. The zero-order valence-corrected chi connectivity index (χ0v) is 20.4. The van der Waals surface area contributed by atoms with Crippen molar-refractivity contribution >= 4 is 11.0 Å². The van der Waals surface area contributed by atoms with Crippen LogP contribution in [-0.4, -0.2) is 20.1 Å². The molecule has 0 aliphatic heterocycles. The lowest BCUT2D eigenvalue weighted by Gasteiger charge is -2.13. The molecule has 0 atom stereocenters. The molecule has 4 heteroatoms. The Kier molecular flexibility index (Phi) is 9.58. The summed E-state index contributed by atoms with van der Waals surface area (Å²) < 4.78 is 0. The van der Waals surface area contributed by atoms with E-state index in [1.54, 1.807) is 4.80 Å². The number of rotatable bonds is 14. The number of hydrogen-bond acceptors (Lipinski definition) is 3. The van der Waals surface area contributed by atoms with Crippen molar-refractivity contribution in [1.29, 1.82) is 0 Å². The van der Waals surface area contributed by atoms with Crippen molar-refractivity contribution < 1.29 is 5.11 Å². The van der Waals surface area contributed by atoms with E-state index in [1.807, 2.05) is 0 Å². The van der Waals surface area contributed by atoms with Crippen LogP contribution in [0.15, 0.2) is 30.3 Å². The molecule has 0 spiro atoms. The van der Waals surface area contributed by atoms with Crippen LogP contribution in [0.3, 0.4) is 0 Å². The number of aryl methyl sites for hydroxylation is 3. The first kappa shape index (κ1) is 24.3. The number of benzene rings is 2. The van der Waals surface area contributed by atoms with Crippen LogP contribution in [0.1, 0.15) is 102 Å². The third kappa shape index (κ3) is 6.57. The third-order valence-electron chi connectivity index (χ3n) is 6.33. The quantitative estimate of drug-likeness (QED) is 0.264. The molecule has 1 heterocycles. The van der Waals surface area contributed by atoms with Gasteiger partial charge in [0.2, 0.25) is 0 Å². The Bertz CT molecular complexity index is 976. The fraction of sp³-hybridized carbons (Fsp3) is 0.571. The Morgan fingerprint density at radius 3 is 2.03 bits per heavy atom. The van der Waals surface area contributed by atoms with Crippen LogP contribution in [0.2, 0.25) is 0 Å². The van der Waals surface area contributed by atoms with Crippen LogP contribution in [0.4, 0.5) is 0 Å². The first-order chi connectivity index (χ1) is 15.7. The van der Waals surface area contributed by atoms with Gasteiger partial charge in [0.1, 0.15) is 22.5 Å². The van der Waals surface area contributed by atoms with E-state index >= 15 is 0 Å². The molecule has 3 rings (SSSR count). The molecule has 0 amide bonds. The highest BCUT2D eigenvalue weighted by molar-refractivity contribution is 5.75.